The minimum atomic E-state index is -0.0251. The molecule has 0 aromatic heterocycles. The number of methoxy groups -OCH3 is 1. The fraction of sp³-hybridized carbons (Fsp3) is 0.562. The highest BCUT2D eigenvalue weighted by molar-refractivity contribution is 5.89. The summed E-state index contributed by atoms with van der Waals surface area (Å²) in [6.07, 6.45) is 1.01. The molecule has 1 aliphatic heterocycles. The van der Waals surface area contributed by atoms with Crippen molar-refractivity contribution in [1.82, 2.24) is 10.2 Å². The van der Waals surface area contributed by atoms with Crippen molar-refractivity contribution < 1.29 is 9.53 Å². The maximum absolute atomic E-state index is 12.3. The number of rotatable bonds is 5. The molecule has 1 heterocycles. The first-order chi connectivity index (χ1) is 10.1. The molecule has 0 aliphatic carbocycles. The highest BCUT2D eigenvalue weighted by Gasteiger charge is 2.26. The monoisotopic (exact) mass is 291 g/mol. The molecular formula is C16H25N3O2. The fourth-order valence-corrected chi connectivity index (χ4v) is 2.64. The van der Waals surface area contributed by atoms with Gasteiger partial charge >= 0.3 is 6.03 Å². The van der Waals surface area contributed by atoms with Gasteiger partial charge in [-0.1, -0.05) is 12.1 Å². The number of carbonyl (C=O) groups excluding carboxylic acids is 1. The molecule has 5 nitrogen and oxygen atoms in total. The van der Waals surface area contributed by atoms with Gasteiger partial charge in [-0.05, 0) is 38.1 Å². The van der Waals surface area contributed by atoms with Crippen LogP contribution >= 0.6 is 0 Å². The van der Waals surface area contributed by atoms with Crippen LogP contribution in [0.25, 0.3) is 0 Å². The molecule has 1 saturated heterocycles. The molecule has 2 amide bonds. The number of hydrogen-bond donors (Lipinski definition) is 2. The SMILES string of the molecule is CNC(C)c1cccc(NC(=O)N2CCC(COC)C2)c1. The van der Waals surface area contributed by atoms with Crippen LogP contribution in [0.15, 0.2) is 24.3 Å². The Labute approximate surface area is 126 Å². The molecule has 5 heteroatoms. The van der Waals surface area contributed by atoms with E-state index in [0.717, 1.165) is 37.4 Å². The second kappa shape index (κ2) is 7.43. The Hall–Kier alpha value is -1.59. The maximum atomic E-state index is 12.3. The molecule has 0 saturated carbocycles. The normalized spacial score (nSPS) is 19.6. The standard InChI is InChI=1S/C16H25N3O2/c1-12(17-2)14-5-4-6-15(9-14)18-16(20)19-8-7-13(10-19)11-21-3/h4-6,9,12-13,17H,7-8,10-11H2,1-3H3,(H,18,20). The van der Waals surface area contributed by atoms with E-state index in [0.29, 0.717) is 5.92 Å². The van der Waals surface area contributed by atoms with Gasteiger partial charge in [0.1, 0.15) is 0 Å². The summed E-state index contributed by atoms with van der Waals surface area (Å²) >= 11 is 0. The summed E-state index contributed by atoms with van der Waals surface area (Å²) in [5.41, 5.74) is 2.00. The van der Waals surface area contributed by atoms with Crippen molar-refractivity contribution in [3.05, 3.63) is 29.8 Å². The largest absolute Gasteiger partial charge is 0.384 e. The molecule has 21 heavy (non-hydrogen) atoms. The zero-order valence-electron chi connectivity index (χ0n) is 13.1. The fourth-order valence-electron chi connectivity index (χ4n) is 2.64. The van der Waals surface area contributed by atoms with E-state index >= 15 is 0 Å². The van der Waals surface area contributed by atoms with Gasteiger partial charge in [0, 0.05) is 37.8 Å². The van der Waals surface area contributed by atoms with Gasteiger partial charge in [0.2, 0.25) is 0 Å². The Morgan fingerprint density at radius 2 is 2.33 bits per heavy atom. The number of hydrogen-bond acceptors (Lipinski definition) is 3. The lowest BCUT2D eigenvalue weighted by molar-refractivity contribution is 0.154. The molecule has 1 aromatic rings. The predicted molar refractivity (Wildman–Crippen MR) is 84.5 cm³/mol. The van der Waals surface area contributed by atoms with Gasteiger partial charge in [-0.2, -0.15) is 0 Å². The van der Waals surface area contributed by atoms with Crippen molar-refractivity contribution in [2.75, 3.05) is 39.2 Å². The lowest BCUT2D eigenvalue weighted by Gasteiger charge is -2.18. The molecule has 2 N–H and O–H groups in total. The second-order valence-corrected chi connectivity index (χ2v) is 5.62. The molecule has 0 spiro atoms. The molecule has 0 bridgehead atoms. The van der Waals surface area contributed by atoms with Gasteiger partial charge < -0.3 is 20.3 Å². The number of urea groups is 1. The topological polar surface area (TPSA) is 53.6 Å². The smallest absolute Gasteiger partial charge is 0.321 e. The second-order valence-electron chi connectivity index (χ2n) is 5.62. The molecule has 0 radical (unpaired) electrons. The van der Waals surface area contributed by atoms with Gasteiger partial charge in [-0.15, -0.1) is 0 Å². The number of anilines is 1. The van der Waals surface area contributed by atoms with E-state index in [2.05, 4.69) is 23.6 Å². The van der Waals surface area contributed by atoms with Gasteiger partial charge in [0.05, 0.1) is 6.61 Å². The summed E-state index contributed by atoms with van der Waals surface area (Å²) in [4.78, 5) is 14.1. The van der Waals surface area contributed by atoms with Crippen molar-refractivity contribution >= 4 is 11.7 Å². The van der Waals surface area contributed by atoms with Crippen LogP contribution in [0.3, 0.4) is 0 Å². The zero-order valence-corrected chi connectivity index (χ0v) is 13.1. The molecule has 1 aromatic carbocycles. The summed E-state index contributed by atoms with van der Waals surface area (Å²) in [7, 11) is 3.63. The number of carbonyl (C=O) groups is 1. The summed E-state index contributed by atoms with van der Waals surface area (Å²) in [6.45, 7) is 4.38. The van der Waals surface area contributed by atoms with E-state index < -0.39 is 0 Å². The third-order valence-electron chi connectivity index (χ3n) is 4.05. The molecule has 2 unspecified atom stereocenters. The van der Waals surface area contributed by atoms with Crippen LogP contribution in [0.2, 0.25) is 0 Å². The third-order valence-corrected chi connectivity index (χ3v) is 4.05. The van der Waals surface area contributed by atoms with Crippen LogP contribution in [0.1, 0.15) is 24.9 Å². The van der Waals surface area contributed by atoms with Gasteiger partial charge in [0.15, 0.2) is 0 Å². The lowest BCUT2D eigenvalue weighted by Crippen LogP contribution is -2.33. The predicted octanol–water partition coefficient (Wildman–Crippen LogP) is 2.47. The van der Waals surface area contributed by atoms with Crippen molar-refractivity contribution in [3.63, 3.8) is 0 Å². The highest BCUT2D eigenvalue weighted by Crippen LogP contribution is 2.20. The molecule has 1 fully saturated rings. The van der Waals surface area contributed by atoms with Gasteiger partial charge in [-0.3, -0.25) is 0 Å². The average Bonchev–Trinajstić information content (AvgIpc) is 2.96. The van der Waals surface area contributed by atoms with Crippen molar-refractivity contribution in [2.45, 2.75) is 19.4 Å². The summed E-state index contributed by atoms with van der Waals surface area (Å²) < 4.78 is 5.16. The molecule has 1 aliphatic rings. The van der Waals surface area contributed by atoms with Crippen molar-refractivity contribution in [3.8, 4) is 0 Å². The van der Waals surface area contributed by atoms with Crippen LogP contribution in [-0.4, -0.2) is 44.8 Å². The van der Waals surface area contributed by atoms with E-state index in [4.69, 9.17) is 4.74 Å². The number of likely N-dealkylation sites (tertiary alicyclic amines) is 1. The first-order valence-corrected chi connectivity index (χ1v) is 7.46. The van der Waals surface area contributed by atoms with Gasteiger partial charge in [-0.25, -0.2) is 4.79 Å². The van der Waals surface area contributed by atoms with E-state index in [1.165, 1.54) is 0 Å². The number of nitrogens with one attached hydrogen (secondary N) is 2. The average molecular weight is 291 g/mol. The number of benzene rings is 1. The third kappa shape index (κ3) is 4.19. The number of amides is 2. The van der Waals surface area contributed by atoms with Crippen molar-refractivity contribution in [2.24, 2.45) is 5.92 Å². The first-order valence-electron chi connectivity index (χ1n) is 7.46. The molecular weight excluding hydrogens is 266 g/mol. The molecule has 2 rings (SSSR count). The molecule has 116 valence electrons. The first kappa shape index (κ1) is 15.8. The Balaban J connectivity index is 1.94. The van der Waals surface area contributed by atoms with E-state index in [1.807, 2.05) is 30.1 Å². The highest BCUT2D eigenvalue weighted by atomic mass is 16.5. The van der Waals surface area contributed by atoms with Crippen molar-refractivity contribution in [1.29, 1.82) is 0 Å². The van der Waals surface area contributed by atoms with Gasteiger partial charge in [0.25, 0.3) is 0 Å². The minimum Gasteiger partial charge on any atom is -0.384 e. The van der Waals surface area contributed by atoms with Crippen LogP contribution in [0.4, 0.5) is 10.5 Å². The Kier molecular flexibility index (Phi) is 5.59. The maximum Gasteiger partial charge on any atom is 0.321 e. The van der Waals surface area contributed by atoms with E-state index in [9.17, 15) is 4.79 Å². The zero-order chi connectivity index (χ0) is 15.2. The van der Waals surface area contributed by atoms with Crippen LogP contribution in [0.5, 0.6) is 0 Å². The quantitative estimate of drug-likeness (QED) is 0.876. The summed E-state index contributed by atoms with van der Waals surface area (Å²) in [5.74, 6) is 0.455. The summed E-state index contributed by atoms with van der Waals surface area (Å²) in [5, 5.41) is 6.18. The summed E-state index contributed by atoms with van der Waals surface area (Å²) in [6, 6.07) is 8.20. The van der Waals surface area contributed by atoms with Crippen LogP contribution in [-0.2, 0) is 4.74 Å². The Morgan fingerprint density at radius 3 is 3.05 bits per heavy atom. The van der Waals surface area contributed by atoms with E-state index in [1.54, 1.807) is 7.11 Å². The van der Waals surface area contributed by atoms with E-state index in [-0.39, 0.29) is 12.1 Å². The van der Waals surface area contributed by atoms with Crippen LogP contribution in [0, 0.1) is 5.92 Å². The Bertz CT molecular complexity index is 478. The Morgan fingerprint density at radius 1 is 1.52 bits per heavy atom. The number of nitrogens with zero attached hydrogens (tertiary/aromatic N) is 1. The van der Waals surface area contributed by atoms with Crippen LogP contribution < -0.4 is 10.6 Å². The molecule has 2 atom stereocenters. The lowest BCUT2D eigenvalue weighted by atomic mass is 10.1. The number of ether oxygens (including phenoxy) is 1. The minimum absolute atomic E-state index is 0.0251.